The Balaban J connectivity index is 4.83. The zero-order chi connectivity index (χ0) is 18.8. The van der Waals surface area contributed by atoms with Crippen LogP contribution < -0.4 is 0 Å². The third-order valence-electron chi connectivity index (χ3n) is 2.52. The number of ether oxygens (including phenoxy) is 3. The fourth-order valence-corrected chi connectivity index (χ4v) is 1.19. The fraction of sp³-hybridized carbons (Fsp3) is 0.917. The molecule has 0 heterocycles. The van der Waals surface area contributed by atoms with Crippen molar-refractivity contribution < 1.29 is 59.9 Å². The number of hydrogen-bond acceptors (Lipinski definition) is 12. The summed E-state index contributed by atoms with van der Waals surface area (Å²) in [5.74, 6) is -5.06. The first-order chi connectivity index (χ1) is 11.2. The largest absolute Gasteiger partial charge is 0.394 e. The van der Waals surface area contributed by atoms with Crippen molar-refractivity contribution in [1.82, 2.24) is 0 Å². The third-order valence-corrected chi connectivity index (χ3v) is 2.52. The summed E-state index contributed by atoms with van der Waals surface area (Å²) in [4.78, 5) is 12.0. The number of Topliss-reactive ketones (excluding diaryl/α,β-unsaturated/α-hetero) is 1. The summed E-state index contributed by atoms with van der Waals surface area (Å²) < 4.78 is 13.9. The summed E-state index contributed by atoms with van der Waals surface area (Å²) in [5.41, 5.74) is 0. The first-order valence-corrected chi connectivity index (χ1v) is 6.90. The van der Waals surface area contributed by atoms with Crippen LogP contribution in [0.25, 0.3) is 0 Å². The monoisotopic (exact) mass is 360 g/mol. The average Bonchev–Trinajstić information content (AvgIpc) is 2.58. The topological polar surface area (TPSA) is 207 Å². The summed E-state index contributed by atoms with van der Waals surface area (Å²) in [6.45, 7) is -4.23. The number of rotatable bonds is 14. The Labute approximate surface area is 137 Å². The maximum atomic E-state index is 12.0. The highest BCUT2D eigenvalue weighted by molar-refractivity contribution is 5.87. The molecule has 0 saturated carbocycles. The van der Waals surface area contributed by atoms with Gasteiger partial charge in [0.15, 0.2) is 0 Å². The average molecular weight is 360 g/mol. The molecular formula is C12H24O12. The lowest BCUT2D eigenvalue weighted by Crippen LogP contribution is -2.51. The van der Waals surface area contributed by atoms with Crippen molar-refractivity contribution in [1.29, 1.82) is 0 Å². The van der Waals surface area contributed by atoms with Crippen molar-refractivity contribution in [3.8, 4) is 0 Å². The molecule has 24 heavy (non-hydrogen) atoms. The van der Waals surface area contributed by atoms with Crippen LogP contribution >= 0.6 is 0 Å². The molecule has 0 aromatic rings. The Bertz CT molecular complexity index is 335. The van der Waals surface area contributed by atoms with Crippen LogP contribution in [0.4, 0.5) is 0 Å². The van der Waals surface area contributed by atoms with Crippen molar-refractivity contribution in [3.05, 3.63) is 0 Å². The molecular weight excluding hydrogens is 336 g/mol. The minimum atomic E-state index is -3.46. The minimum absolute atomic E-state index is 0.628. The van der Waals surface area contributed by atoms with E-state index < -0.39 is 76.0 Å². The SMILES string of the molecule is O=C(C(OCC(O)CO)OCC(O)CO)C(O)(O)OCC(O)CO. The van der Waals surface area contributed by atoms with Gasteiger partial charge in [-0.2, -0.15) is 0 Å². The Morgan fingerprint density at radius 1 is 0.792 bits per heavy atom. The van der Waals surface area contributed by atoms with Crippen LogP contribution in [-0.4, -0.2) is 117 Å². The van der Waals surface area contributed by atoms with Crippen LogP contribution in [0.15, 0.2) is 0 Å². The highest BCUT2D eigenvalue weighted by atomic mass is 16.8. The first kappa shape index (κ1) is 23.2. The molecule has 0 rings (SSSR count). The molecule has 0 aliphatic carbocycles. The van der Waals surface area contributed by atoms with E-state index in [2.05, 4.69) is 4.74 Å². The van der Waals surface area contributed by atoms with Crippen LogP contribution in [-0.2, 0) is 19.0 Å². The Morgan fingerprint density at radius 2 is 1.17 bits per heavy atom. The van der Waals surface area contributed by atoms with E-state index in [4.69, 9.17) is 29.9 Å². The molecule has 144 valence electrons. The van der Waals surface area contributed by atoms with Gasteiger partial charge in [0.1, 0.15) is 18.3 Å². The predicted molar refractivity (Wildman–Crippen MR) is 73.1 cm³/mol. The number of carbonyl (C=O) groups is 1. The van der Waals surface area contributed by atoms with Gasteiger partial charge in [0.25, 0.3) is 5.78 Å². The molecule has 0 spiro atoms. The predicted octanol–water partition coefficient (Wildman–Crippen LogP) is -5.37. The van der Waals surface area contributed by atoms with E-state index >= 15 is 0 Å². The second kappa shape index (κ2) is 11.7. The normalized spacial score (nSPS) is 17.3. The van der Waals surface area contributed by atoms with Crippen molar-refractivity contribution in [2.45, 2.75) is 30.6 Å². The van der Waals surface area contributed by atoms with E-state index in [9.17, 15) is 25.2 Å². The Kier molecular flexibility index (Phi) is 11.4. The van der Waals surface area contributed by atoms with Gasteiger partial charge in [0.2, 0.25) is 6.29 Å². The molecule has 0 radical (unpaired) electrons. The van der Waals surface area contributed by atoms with E-state index in [-0.39, 0.29) is 0 Å². The Hall–Kier alpha value is -0.770. The van der Waals surface area contributed by atoms with Crippen LogP contribution in [0.1, 0.15) is 0 Å². The van der Waals surface area contributed by atoms with Gasteiger partial charge < -0.3 is 55.1 Å². The molecule has 12 heteroatoms. The van der Waals surface area contributed by atoms with Crippen LogP contribution in [0.5, 0.6) is 0 Å². The van der Waals surface area contributed by atoms with E-state index in [1.54, 1.807) is 0 Å². The van der Waals surface area contributed by atoms with Gasteiger partial charge in [-0.05, 0) is 0 Å². The smallest absolute Gasteiger partial charge is 0.347 e. The van der Waals surface area contributed by atoms with Crippen molar-refractivity contribution in [2.75, 3.05) is 39.6 Å². The maximum absolute atomic E-state index is 12.0. The number of aliphatic hydroxyl groups is 8. The molecule has 0 aliphatic rings. The van der Waals surface area contributed by atoms with Crippen molar-refractivity contribution in [3.63, 3.8) is 0 Å². The lowest BCUT2D eigenvalue weighted by atomic mass is 10.3. The number of aliphatic hydroxyl groups excluding tert-OH is 6. The van der Waals surface area contributed by atoms with Crippen LogP contribution in [0.2, 0.25) is 0 Å². The molecule has 0 bridgehead atoms. The standard InChI is InChI=1S/C12H24O12/c13-1-7(16)4-22-11(23-5-8(17)2-14)10(19)12(20,21)24-6-9(18)3-15/h7-9,11,13-18,20-21H,1-6H2. The van der Waals surface area contributed by atoms with Gasteiger partial charge in [-0.3, -0.25) is 4.79 Å². The number of carbonyl (C=O) groups excluding carboxylic acids is 1. The summed E-state index contributed by atoms with van der Waals surface area (Å²) in [5, 5.41) is 72.5. The maximum Gasteiger partial charge on any atom is 0.347 e. The van der Waals surface area contributed by atoms with Gasteiger partial charge in [0, 0.05) is 0 Å². The van der Waals surface area contributed by atoms with Gasteiger partial charge in [0.05, 0.1) is 39.6 Å². The van der Waals surface area contributed by atoms with Crippen molar-refractivity contribution in [2.24, 2.45) is 0 Å². The number of ketones is 1. The van der Waals surface area contributed by atoms with Gasteiger partial charge in [-0.1, -0.05) is 0 Å². The minimum Gasteiger partial charge on any atom is -0.394 e. The zero-order valence-corrected chi connectivity index (χ0v) is 12.8. The molecule has 8 N–H and O–H groups in total. The second-order valence-electron chi connectivity index (χ2n) is 4.79. The fourth-order valence-electron chi connectivity index (χ4n) is 1.19. The van der Waals surface area contributed by atoms with E-state index in [0.717, 1.165) is 0 Å². The van der Waals surface area contributed by atoms with E-state index in [0.29, 0.717) is 0 Å². The molecule has 0 saturated heterocycles. The highest BCUT2D eigenvalue weighted by Gasteiger charge is 2.42. The van der Waals surface area contributed by atoms with E-state index in [1.165, 1.54) is 0 Å². The molecule has 0 fully saturated rings. The van der Waals surface area contributed by atoms with Crippen LogP contribution in [0, 0.1) is 0 Å². The van der Waals surface area contributed by atoms with Gasteiger partial charge in [-0.15, -0.1) is 0 Å². The number of hydrogen-bond donors (Lipinski definition) is 8. The lowest BCUT2D eigenvalue weighted by molar-refractivity contribution is -0.329. The van der Waals surface area contributed by atoms with Crippen molar-refractivity contribution >= 4 is 5.78 Å². The quantitative estimate of drug-likeness (QED) is 0.137. The summed E-state index contributed by atoms with van der Waals surface area (Å²) >= 11 is 0. The molecule has 12 nitrogen and oxygen atoms in total. The Morgan fingerprint density at radius 3 is 1.54 bits per heavy atom. The first-order valence-electron chi connectivity index (χ1n) is 6.90. The molecule has 3 atom stereocenters. The van der Waals surface area contributed by atoms with Gasteiger partial charge >= 0.3 is 5.97 Å². The summed E-state index contributed by atoms with van der Waals surface area (Å²) in [6, 6.07) is 0. The highest BCUT2D eigenvalue weighted by Crippen LogP contribution is 2.12. The van der Waals surface area contributed by atoms with E-state index in [1.807, 2.05) is 0 Å². The lowest BCUT2D eigenvalue weighted by Gasteiger charge is -2.27. The molecule has 0 aliphatic heterocycles. The zero-order valence-electron chi connectivity index (χ0n) is 12.8. The third kappa shape index (κ3) is 8.91. The summed E-state index contributed by atoms with van der Waals surface area (Å²) in [6.07, 6.45) is -6.30. The second-order valence-corrected chi connectivity index (χ2v) is 4.79. The van der Waals surface area contributed by atoms with Gasteiger partial charge in [-0.25, -0.2) is 0 Å². The molecule has 0 aromatic carbocycles. The molecule has 0 aromatic heterocycles. The summed E-state index contributed by atoms with van der Waals surface area (Å²) in [7, 11) is 0. The van der Waals surface area contributed by atoms with Crippen LogP contribution in [0.3, 0.4) is 0 Å². The molecule has 3 unspecified atom stereocenters. The molecule has 0 amide bonds.